The molecule has 168 valence electrons. The van der Waals surface area contributed by atoms with Crippen LogP contribution in [-0.2, 0) is 13.0 Å². The fourth-order valence-electron chi connectivity index (χ4n) is 4.11. The molecule has 2 aliphatic heterocycles. The molecule has 2 aliphatic rings. The lowest BCUT2D eigenvalue weighted by molar-refractivity contribution is 0.0949. The monoisotopic (exact) mass is 445 g/mol. The Hall–Kier alpha value is -3.64. The Morgan fingerprint density at radius 2 is 1.91 bits per heavy atom. The van der Waals surface area contributed by atoms with Crippen molar-refractivity contribution in [2.24, 2.45) is 0 Å². The van der Waals surface area contributed by atoms with Crippen molar-refractivity contribution in [3.63, 3.8) is 0 Å². The molecule has 0 saturated heterocycles. The Kier molecular flexibility index (Phi) is 5.84. The van der Waals surface area contributed by atoms with Crippen LogP contribution < -0.4 is 14.2 Å². The third-order valence-electron chi connectivity index (χ3n) is 5.82. The number of Topliss-reactive ketones (excluding diaryl/α,β-unsaturated/α-hetero) is 1. The zero-order valence-electron chi connectivity index (χ0n) is 18.3. The number of fused-ring (bicyclic) bond motifs is 3. The maximum atomic E-state index is 13.2. The summed E-state index contributed by atoms with van der Waals surface area (Å²) in [5.74, 6) is 1.88. The third-order valence-corrected chi connectivity index (χ3v) is 5.82. The van der Waals surface area contributed by atoms with E-state index in [9.17, 15) is 9.18 Å². The molecule has 0 saturated carbocycles. The van der Waals surface area contributed by atoms with Crippen molar-refractivity contribution in [2.45, 2.75) is 19.9 Å². The average molecular weight is 445 g/mol. The molecule has 6 heteroatoms. The Morgan fingerprint density at radius 1 is 1.09 bits per heavy atom. The maximum absolute atomic E-state index is 13.2. The number of hydrogen-bond donors (Lipinski definition) is 0. The van der Waals surface area contributed by atoms with Crippen LogP contribution in [0.2, 0.25) is 0 Å². The van der Waals surface area contributed by atoms with Crippen LogP contribution in [0.25, 0.3) is 6.08 Å². The molecule has 5 rings (SSSR count). The number of rotatable bonds is 6. The van der Waals surface area contributed by atoms with Gasteiger partial charge >= 0.3 is 0 Å². The highest BCUT2D eigenvalue weighted by molar-refractivity contribution is 6.15. The molecule has 0 unspecified atom stereocenters. The molecule has 0 spiro atoms. The van der Waals surface area contributed by atoms with E-state index in [1.165, 1.54) is 12.1 Å². The van der Waals surface area contributed by atoms with E-state index in [0.29, 0.717) is 36.9 Å². The molecule has 0 bridgehead atoms. The zero-order chi connectivity index (χ0) is 22.8. The Morgan fingerprint density at radius 3 is 2.73 bits per heavy atom. The van der Waals surface area contributed by atoms with Gasteiger partial charge in [-0.1, -0.05) is 30.3 Å². The van der Waals surface area contributed by atoms with Gasteiger partial charge < -0.3 is 14.2 Å². The van der Waals surface area contributed by atoms with E-state index in [4.69, 9.17) is 14.2 Å². The molecule has 33 heavy (non-hydrogen) atoms. The number of ether oxygens (including phenoxy) is 3. The van der Waals surface area contributed by atoms with Gasteiger partial charge in [-0.15, -0.1) is 0 Å². The smallest absolute Gasteiger partial charge is 0.231 e. The largest absolute Gasteiger partial charge is 0.493 e. The summed E-state index contributed by atoms with van der Waals surface area (Å²) in [6.07, 6.45) is 2.50. The van der Waals surface area contributed by atoms with Gasteiger partial charge in [-0.2, -0.15) is 0 Å². The first-order chi connectivity index (χ1) is 16.1. The average Bonchev–Trinajstić information content (AvgIpc) is 3.15. The minimum absolute atomic E-state index is 0.150. The second kappa shape index (κ2) is 9.08. The number of ketones is 1. The van der Waals surface area contributed by atoms with Crippen LogP contribution >= 0.6 is 0 Å². The standard InChI is InChI=1S/C27H24FNO4/c1-2-31-23-6-4-3-5-19(23)15-25-26(30)21-11-12-24-22(27(21)33-25)16-29(17-32-24)14-13-18-7-9-20(28)10-8-18/h3-12,15H,2,13-14,16-17H2,1H3/b25-15-. The third kappa shape index (κ3) is 4.34. The molecule has 0 atom stereocenters. The van der Waals surface area contributed by atoms with Gasteiger partial charge in [-0.05, 0) is 55.3 Å². The van der Waals surface area contributed by atoms with E-state index in [2.05, 4.69) is 4.90 Å². The van der Waals surface area contributed by atoms with Gasteiger partial charge in [0.05, 0.1) is 17.7 Å². The Labute approximate surface area is 192 Å². The van der Waals surface area contributed by atoms with Crippen LogP contribution in [0.5, 0.6) is 17.2 Å². The summed E-state index contributed by atoms with van der Waals surface area (Å²) >= 11 is 0. The van der Waals surface area contributed by atoms with Gasteiger partial charge in [0.15, 0.2) is 5.76 Å². The number of allylic oxidation sites excluding steroid dienone is 1. The fraction of sp³-hybridized carbons (Fsp3) is 0.222. The van der Waals surface area contributed by atoms with Gasteiger partial charge in [0, 0.05) is 18.7 Å². The summed E-state index contributed by atoms with van der Waals surface area (Å²) in [6, 6.07) is 17.7. The minimum Gasteiger partial charge on any atom is -0.493 e. The molecule has 0 fully saturated rings. The predicted octanol–water partition coefficient (Wildman–Crippen LogP) is 5.24. The summed E-state index contributed by atoms with van der Waals surface area (Å²) in [6.45, 7) is 4.26. The first kappa shape index (κ1) is 21.2. The second-order valence-electron chi connectivity index (χ2n) is 8.03. The quantitative estimate of drug-likeness (QED) is 0.486. The number of halogens is 1. The van der Waals surface area contributed by atoms with Crippen molar-refractivity contribution in [3.8, 4) is 17.2 Å². The molecule has 0 aromatic heterocycles. The zero-order valence-corrected chi connectivity index (χ0v) is 18.3. The summed E-state index contributed by atoms with van der Waals surface area (Å²) < 4.78 is 30.9. The molecule has 0 N–H and O–H groups in total. The van der Waals surface area contributed by atoms with Crippen LogP contribution in [0.15, 0.2) is 66.4 Å². The van der Waals surface area contributed by atoms with Crippen molar-refractivity contribution < 1.29 is 23.4 Å². The number of benzene rings is 3. The number of para-hydroxylation sites is 1. The van der Waals surface area contributed by atoms with Crippen molar-refractivity contribution >= 4 is 11.9 Å². The fourth-order valence-corrected chi connectivity index (χ4v) is 4.11. The van der Waals surface area contributed by atoms with Crippen molar-refractivity contribution in [1.82, 2.24) is 4.90 Å². The van der Waals surface area contributed by atoms with E-state index in [1.54, 1.807) is 24.3 Å². The summed E-state index contributed by atoms with van der Waals surface area (Å²) in [4.78, 5) is 15.2. The van der Waals surface area contributed by atoms with Gasteiger partial charge in [0.2, 0.25) is 5.78 Å². The van der Waals surface area contributed by atoms with Crippen LogP contribution in [0, 0.1) is 5.82 Å². The van der Waals surface area contributed by atoms with E-state index in [-0.39, 0.29) is 17.4 Å². The van der Waals surface area contributed by atoms with E-state index < -0.39 is 0 Å². The highest BCUT2D eigenvalue weighted by Gasteiger charge is 2.33. The number of nitrogens with zero attached hydrogens (tertiary/aromatic N) is 1. The SMILES string of the molecule is CCOc1ccccc1/C=C1\Oc2c(ccc3c2CN(CCc2ccc(F)cc2)CO3)C1=O. The van der Waals surface area contributed by atoms with E-state index >= 15 is 0 Å². The highest BCUT2D eigenvalue weighted by atomic mass is 19.1. The van der Waals surface area contributed by atoms with E-state index in [1.807, 2.05) is 37.3 Å². The first-order valence-corrected chi connectivity index (χ1v) is 11.0. The van der Waals surface area contributed by atoms with E-state index in [0.717, 1.165) is 35.4 Å². The van der Waals surface area contributed by atoms with Crippen molar-refractivity contribution in [3.05, 3.63) is 94.5 Å². The number of hydrogen-bond acceptors (Lipinski definition) is 5. The molecule has 0 amide bonds. The molecule has 3 aromatic carbocycles. The molecule has 3 aromatic rings. The lowest BCUT2D eigenvalue weighted by Gasteiger charge is -2.29. The Bertz CT molecular complexity index is 1220. The van der Waals surface area contributed by atoms with Gasteiger partial charge in [-0.3, -0.25) is 9.69 Å². The number of carbonyl (C=O) groups excluding carboxylic acids is 1. The second-order valence-corrected chi connectivity index (χ2v) is 8.03. The summed E-state index contributed by atoms with van der Waals surface area (Å²) in [5.41, 5.74) is 3.26. The number of carbonyl (C=O) groups is 1. The predicted molar refractivity (Wildman–Crippen MR) is 123 cm³/mol. The molecule has 0 radical (unpaired) electrons. The molecule has 0 aliphatic carbocycles. The van der Waals surface area contributed by atoms with Crippen LogP contribution in [0.1, 0.15) is 34.0 Å². The summed E-state index contributed by atoms with van der Waals surface area (Å²) in [5, 5.41) is 0. The molecular formula is C27H24FNO4. The minimum atomic E-state index is -0.237. The first-order valence-electron chi connectivity index (χ1n) is 11.0. The van der Waals surface area contributed by atoms with Crippen molar-refractivity contribution in [1.29, 1.82) is 0 Å². The summed E-state index contributed by atoms with van der Waals surface area (Å²) in [7, 11) is 0. The van der Waals surface area contributed by atoms with Crippen LogP contribution in [0.4, 0.5) is 4.39 Å². The lowest BCUT2D eigenvalue weighted by atomic mass is 10.0. The lowest BCUT2D eigenvalue weighted by Crippen LogP contribution is -2.33. The van der Waals surface area contributed by atoms with Gasteiger partial charge in [0.25, 0.3) is 0 Å². The Balaban J connectivity index is 1.36. The van der Waals surface area contributed by atoms with Gasteiger partial charge in [0.1, 0.15) is 29.8 Å². The molecule has 2 heterocycles. The highest BCUT2D eigenvalue weighted by Crippen LogP contribution is 2.42. The molecular weight excluding hydrogens is 421 g/mol. The van der Waals surface area contributed by atoms with Crippen molar-refractivity contribution in [2.75, 3.05) is 19.9 Å². The molecule has 5 nitrogen and oxygen atoms in total. The normalized spacial score (nSPS) is 16.2. The topological polar surface area (TPSA) is 48.0 Å². The van der Waals surface area contributed by atoms with Crippen LogP contribution in [-0.4, -0.2) is 30.6 Å². The van der Waals surface area contributed by atoms with Crippen LogP contribution in [0.3, 0.4) is 0 Å². The van der Waals surface area contributed by atoms with Gasteiger partial charge in [-0.25, -0.2) is 4.39 Å². The maximum Gasteiger partial charge on any atom is 0.231 e.